The van der Waals surface area contributed by atoms with E-state index < -0.39 is 7.92 Å². The second-order valence-corrected chi connectivity index (χ2v) is 9.50. The summed E-state index contributed by atoms with van der Waals surface area (Å²) in [6.07, 6.45) is 3.01. The Morgan fingerprint density at radius 2 is 1.11 bits per heavy atom. The molecule has 0 fully saturated rings. The Morgan fingerprint density at radius 3 is 1.41 bits per heavy atom. The molecule has 2 aromatic carbocycles. The van der Waals surface area contributed by atoms with Gasteiger partial charge in [-0.15, -0.1) is 6.58 Å². The fraction of sp³-hybridized carbons (Fsp3) is 0.333. The van der Waals surface area contributed by atoms with E-state index in [4.69, 9.17) is 0 Å². The van der Waals surface area contributed by atoms with Gasteiger partial charge < -0.3 is 0 Å². The average Bonchev–Trinajstić information content (AvgIpc) is 2.53. The van der Waals surface area contributed by atoms with Crippen molar-refractivity contribution in [1.29, 1.82) is 0 Å². The second kappa shape index (κ2) is 8.76. The summed E-state index contributed by atoms with van der Waals surface area (Å²) in [6.45, 7) is 15.7. The van der Waals surface area contributed by atoms with Crippen LogP contribution in [0.3, 0.4) is 0 Å². The topological polar surface area (TPSA) is 34.1 Å². The lowest BCUT2D eigenvalue weighted by atomic mass is 10.0. The van der Waals surface area contributed by atoms with Crippen LogP contribution in [0.15, 0.2) is 36.9 Å². The minimum atomic E-state index is -1.47. The third-order valence-electron chi connectivity index (χ3n) is 4.83. The maximum absolute atomic E-state index is 13.5. The zero-order chi connectivity index (χ0) is 20.3. The minimum Gasteiger partial charge on any atom is -0.289 e. The molecule has 0 saturated heterocycles. The molecule has 0 spiro atoms. The van der Waals surface area contributed by atoms with Gasteiger partial charge in [-0.05, 0) is 76.4 Å². The zero-order valence-electron chi connectivity index (χ0n) is 17.3. The van der Waals surface area contributed by atoms with Crippen LogP contribution in [0.25, 0.3) is 0 Å². The highest BCUT2D eigenvalue weighted by molar-refractivity contribution is 7.90. The Hall–Kier alpha value is -2.05. The van der Waals surface area contributed by atoms with Gasteiger partial charge in [0.2, 0.25) is 0 Å². The van der Waals surface area contributed by atoms with Crippen LogP contribution in [0.4, 0.5) is 0 Å². The van der Waals surface area contributed by atoms with Gasteiger partial charge in [-0.2, -0.15) is 0 Å². The van der Waals surface area contributed by atoms with E-state index in [1.165, 1.54) is 0 Å². The average molecular weight is 380 g/mol. The van der Waals surface area contributed by atoms with Gasteiger partial charge in [-0.25, -0.2) is 0 Å². The standard InChI is InChI=1S/C24H29O2P/c1-8-9-10-27(23(25)21-17(4)11-15(2)12-18(21)5)24(26)22-19(6)13-16(3)14-20(22)7/h8,11-14H,1,9-10H2,2-7H3. The van der Waals surface area contributed by atoms with Gasteiger partial charge in [0, 0.05) is 19.0 Å². The van der Waals surface area contributed by atoms with Gasteiger partial charge in [-0.3, -0.25) is 9.59 Å². The molecule has 0 saturated carbocycles. The highest BCUT2D eigenvalue weighted by Crippen LogP contribution is 2.46. The third-order valence-corrected chi connectivity index (χ3v) is 6.96. The summed E-state index contributed by atoms with van der Waals surface area (Å²) in [4.78, 5) is 27.0. The normalized spacial score (nSPS) is 10.9. The lowest BCUT2D eigenvalue weighted by molar-refractivity contribution is 0.105. The molecule has 0 N–H and O–H groups in total. The van der Waals surface area contributed by atoms with Gasteiger partial charge >= 0.3 is 0 Å². The van der Waals surface area contributed by atoms with Crippen LogP contribution < -0.4 is 0 Å². The first-order chi connectivity index (χ1) is 12.7. The molecule has 2 nitrogen and oxygen atoms in total. The van der Waals surface area contributed by atoms with Crippen molar-refractivity contribution in [3.63, 3.8) is 0 Å². The SMILES string of the molecule is C=CCCP(C(=O)c1c(C)cc(C)cc1C)C(=O)c1c(C)cc(C)cc1C. The maximum Gasteiger partial charge on any atom is 0.192 e. The molecule has 0 radical (unpaired) electrons. The molecule has 0 aliphatic heterocycles. The Bertz CT molecular complexity index is 793. The predicted octanol–water partition coefficient (Wildman–Crippen LogP) is 6.58. The van der Waals surface area contributed by atoms with Crippen LogP contribution in [0, 0.1) is 41.5 Å². The number of allylic oxidation sites excluding steroid dienone is 1. The fourth-order valence-corrected chi connectivity index (χ4v) is 6.10. The summed E-state index contributed by atoms with van der Waals surface area (Å²) in [5, 5.41) is 0. The van der Waals surface area contributed by atoms with Crippen LogP contribution in [-0.2, 0) is 0 Å². The molecule has 0 unspecified atom stereocenters. The molecule has 3 heteroatoms. The number of hydrogen-bond donors (Lipinski definition) is 0. The molecule has 0 heterocycles. The van der Waals surface area contributed by atoms with Crippen molar-refractivity contribution < 1.29 is 9.59 Å². The van der Waals surface area contributed by atoms with E-state index in [0.29, 0.717) is 23.7 Å². The van der Waals surface area contributed by atoms with Crippen LogP contribution in [0.1, 0.15) is 60.5 Å². The lowest BCUT2D eigenvalue weighted by Gasteiger charge is -2.20. The summed E-state index contributed by atoms with van der Waals surface area (Å²) in [7, 11) is -1.47. The number of aryl methyl sites for hydroxylation is 6. The van der Waals surface area contributed by atoms with Crippen molar-refractivity contribution in [1.82, 2.24) is 0 Å². The molecule has 0 amide bonds. The minimum absolute atomic E-state index is 0.00812. The highest BCUT2D eigenvalue weighted by atomic mass is 31.1. The van der Waals surface area contributed by atoms with Gasteiger partial charge in [0.25, 0.3) is 0 Å². The Labute approximate surface area is 164 Å². The molecule has 2 rings (SSSR count). The van der Waals surface area contributed by atoms with Gasteiger partial charge in [0.1, 0.15) is 0 Å². The summed E-state index contributed by atoms with van der Waals surface area (Å²) >= 11 is 0. The molecule has 0 aliphatic carbocycles. The third kappa shape index (κ3) is 4.62. The second-order valence-electron chi connectivity index (χ2n) is 7.39. The van der Waals surface area contributed by atoms with Crippen LogP contribution in [0.5, 0.6) is 0 Å². The molecular weight excluding hydrogens is 351 g/mol. The Balaban J connectivity index is 2.55. The zero-order valence-corrected chi connectivity index (χ0v) is 18.2. The quantitative estimate of drug-likeness (QED) is 0.402. The largest absolute Gasteiger partial charge is 0.289 e. The summed E-state index contributed by atoms with van der Waals surface area (Å²) < 4.78 is 0. The molecular formula is C24H29O2P. The summed E-state index contributed by atoms with van der Waals surface area (Å²) in [6, 6.07) is 8.09. The van der Waals surface area contributed by atoms with Crippen LogP contribution in [0.2, 0.25) is 0 Å². The number of benzene rings is 2. The predicted molar refractivity (Wildman–Crippen MR) is 117 cm³/mol. The van der Waals surface area contributed by atoms with Crippen LogP contribution in [-0.4, -0.2) is 17.2 Å². The first kappa shape index (κ1) is 21.3. The van der Waals surface area contributed by atoms with Crippen molar-refractivity contribution in [3.8, 4) is 0 Å². The van der Waals surface area contributed by atoms with E-state index in [2.05, 4.69) is 6.58 Å². The van der Waals surface area contributed by atoms with E-state index in [-0.39, 0.29) is 11.0 Å². The Morgan fingerprint density at radius 1 is 0.778 bits per heavy atom. The highest BCUT2D eigenvalue weighted by Gasteiger charge is 2.31. The molecule has 0 atom stereocenters. The van der Waals surface area contributed by atoms with E-state index in [9.17, 15) is 9.59 Å². The van der Waals surface area contributed by atoms with E-state index in [1.54, 1.807) is 6.08 Å². The number of carbonyl (C=O) groups is 2. The van der Waals surface area contributed by atoms with Crippen molar-refractivity contribution in [2.45, 2.75) is 48.0 Å². The molecule has 2 aromatic rings. The van der Waals surface area contributed by atoms with Gasteiger partial charge in [-0.1, -0.05) is 41.5 Å². The fourth-order valence-electron chi connectivity index (χ4n) is 3.82. The van der Waals surface area contributed by atoms with Crippen molar-refractivity contribution in [2.24, 2.45) is 0 Å². The number of hydrogen-bond acceptors (Lipinski definition) is 2. The molecule has 142 valence electrons. The van der Waals surface area contributed by atoms with E-state index in [0.717, 1.165) is 33.4 Å². The molecule has 27 heavy (non-hydrogen) atoms. The van der Waals surface area contributed by atoms with Crippen molar-refractivity contribution in [3.05, 3.63) is 81.4 Å². The maximum atomic E-state index is 13.5. The molecule has 0 aliphatic rings. The van der Waals surface area contributed by atoms with Gasteiger partial charge in [0.05, 0.1) is 0 Å². The summed E-state index contributed by atoms with van der Waals surface area (Å²) in [5.74, 6) is 0. The monoisotopic (exact) mass is 380 g/mol. The summed E-state index contributed by atoms with van der Waals surface area (Å²) in [5.41, 5.74) is 7.49. The van der Waals surface area contributed by atoms with Crippen molar-refractivity contribution in [2.75, 3.05) is 6.16 Å². The van der Waals surface area contributed by atoms with E-state index in [1.807, 2.05) is 65.8 Å². The molecule has 0 bridgehead atoms. The van der Waals surface area contributed by atoms with Crippen molar-refractivity contribution >= 4 is 19.0 Å². The van der Waals surface area contributed by atoms with E-state index >= 15 is 0 Å². The lowest BCUT2D eigenvalue weighted by Crippen LogP contribution is -2.14. The smallest absolute Gasteiger partial charge is 0.192 e. The Kier molecular flexibility index (Phi) is 6.89. The van der Waals surface area contributed by atoms with Gasteiger partial charge in [0.15, 0.2) is 11.0 Å². The first-order valence-electron chi connectivity index (χ1n) is 9.30. The number of carbonyl (C=O) groups excluding carboxylic acids is 2. The number of rotatable bonds is 7. The first-order valence-corrected chi connectivity index (χ1v) is 10.8. The van der Waals surface area contributed by atoms with Crippen LogP contribution >= 0.6 is 7.92 Å². The molecule has 0 aromatic heterocycles.